The Morgan fingerprint density at radius 2 is 2.14 bits per heavy atom. The minimum absolute atomic E-state index is 0.370. The molecule has 2 aromatic heterocycles. The summed E-state index contributed by atoms with van der Waals surface area (Å²) in [7, 11) is 0. The largest absolute Gasteiger partial charge is 0.382 e. The van der Waals surface area contributed by atoms with Crippen LogP contribution in [-0.4, -0.2) is 19.7 Å². The monoisotopic (exact) mass is 287 g/mol. The molecule has 0 bridgehead atoms. The molecule has 0 unspecified atom stereocenters. The van der Waals surface area contributed by atoms with Gasteiger partial charge in [-0.3, -0.25) is 14.3 Å². The average molecular weight is 287 g/mol. The molecule has 110 valence electrons. The van der Waals surface area contributed by atoms with E-state index in [-0.39, 0.29) is 0 Å². The summed E-state index contributed by atoms with van der Waals surface area (Å²) in [6, 6.07) is 3.06. The number of aromatic nitrogens is 4. The summed E-state index contributed by atoms with van der Waals surface area (Å²) in [6.45, 7) is 4.37. The molecule has 1 aliphatic carbocycles. The second-order valence-corrected chi connectivity index (χ2v) is 5.77. The second-order valence-electron chi connectivity index (χ2n) is 5.77. The van der Waals surface area contributed by atoms with E-state index in [0.717, 1.165) is 12.0 Å². The van der Waals surface area contributed by atoms with E-state index in [0.29, 0.717) is 29.4 Å². The molecule has 0 aromatic carbocycles. The zero-order chi connectivity index (χ0) is 15.1. The van der Waals surface area contributed by atoms with Gasteiger partial charge in [-0.2, -0.15) is 0 Å². The zero-order valence-corrected chi connectivity index (χ0v) is 11.9. The first-order valence-electron chi connectivity index (χ1n) is 6.93. The van der Waals surface area contributed by atoms with Gasteiger partial charge in [-0.15, -0.1) is 10.2 Å². The van der Waals surface area contributed by atoms with Gasteiger partial charge in [0.2, 0.25) is 0 Å². The van der Waals surface area contributed by atoms with Gasteiger partial charge in [0.1, 0.15) is 5.82 Å². The van der Waals surface area contributed by atoms with Crippen LogP contribution in [-0.2, 0) is 0 Å². The van der Waals surface area contributed by atoms with E-state index in [2.05, 4.69) is 29.0 Å². The summed E-state index contributed by atoms with van der Waals surface area (Å²) in [5, 5.41) is 7.90. The molecular formula is C14H17N5O2. The van der Waals surface area contributed by atoms with Crippen LogP contribution < -0.4 is 17.0 Å². The van der Waals surface area contributed by atoms with Gasteiger partial charge in [-0.1, -0.05) is 13.8 Å². The lowest BCUT2D eigenvalue weighted by Crippen LogP contribution is -2.28. The number of rotatable bonds is 3. The molecule has 0 aliphatic heterocycles. The Labute approximate surface area is 120 Å². The number of nitrogens with one attached hydrogen (secondary N) is 1. The quantitative estimate of drug-likeness (QED) is 0.862. The maximum Gasteiger partial charge on any atom is 0.334 e. The first kappa shape index (κ1) is 13.5. The number of aromatic amines is 1. The van der Waals surface area contributed by atoms with Gasteiger partial charge in [-0.25, -0.2) is 4.79 Å². The predicted octanol–water partition coefficient (Wildman–Crippen LogP) is 0.657. The van der Waals surface area contributed by atoms with Gasteiger partial charge in [0.05, 0.1) is 0 Å². The molecule has 2 aromatic rings. The Hall–Kier alpha value is -2.44. The Morgan fingerprint density at radius 1 is 1.38 bits per heavy atom. The minimum atomic E-state index is -0.538. The van der Waals surface area contributed by atoms with Crippen LogP contribution in [0.1, 0.15) is 31.7 Å². The van der Waals surface area contributed by atoms with Crippen LogP contribution in [0.4, 0.5) is 5.82 Å². The zero-order valence-electron chi connectivity index (χ0n) is 11.9. The third-order valence-electron chi connectivity index (χ3n) is 4.01. The van der Waals surface area contributed by atoms with Crippen molar-refractivity contribution in [2.75, 3.05) is 5.73 Å². The van der Waals surface area contributed by atoms with Crippen molar-refractivity contribution in [3.8, 4) is 5.82 Å². The predicted molar refractivity (Wildman–Crippen MR) is 78.3 cm³/mol. The van der Waals surface area contributed by atoms with Gasteiger partial charge in [0.15, 0.2) is 5.82 Å². The molecule has 2 atom stereocenters. The molecule has 0 saturated heterocycles. The third-order valence-corrected chi connectivity index (χ3v) is 4.01. The van der Waals surface area contributed by atoms with E-state index in [1.54, 1.807) is 6.07 Å². The highest BCUT2D eigenvalue weighted by Crippen LogP contribution is 2.52. The molecule has 2 heterocycles. The minimum Gasteiger partial charge on any atom is -0.382 e. The van der Waals surface area contributed by atoms with E-state index in [1.165, 1.54) is 16.8 Å². The van der Waals surface area contributed by atoms with Crippen LogP contribution in [0, 0.1) is 11.8 Å². The second kappa shape index (κ2) is 4.83. The molecular weight excluding hydrogens is 270 g/mol. The number of nitrogens with two attached hydrogens (primary N) is 1. The fourth-order valence-electron chi connectivity index (χ4n) is 2.73. The van der Waals surface area contributed by atoms with Crippen molar-refractivity contribution in [1.29, 1.82) is 0 Å². The number of nitrogen functional groups attached to an aromatic ring is 1. The van der Waals surface area contributed by atoms with Crippen molar-refractivity contribution in [3.05, 3.63) is 44.7 Å². The van der Waals surface area contributed by atoms with Crippen molar-refractivity contribution >= 4 is 5.82 Å². The third kappa shape index (κ3) is 2.46. The fourth-order valence-corrected chi connectivity index (χ4v) is 2.73. The first-order chi connectivity index (χ1) is 9.97. The van der Waals surface area contributed by atoms with E-state index >= 15 is 0 Å². The SMILES string of the molecule is CC(C)[C@H]1C[C@@H]1c1cc(-n2ccc(=O)[nH]c2=O)nnc1N. The van der Waals surface area contributed by atoms with Gasteiger partial charge in [0.25, 0.3) is 5.56 Å². The number of nitrogens with zero attached hydrogens (tertiary/aromatic N) is 3. The average Bonchev–Trinajstić information content (AvgIpc) is 3.20. The molecule has 7 nitrogen and oxygen atoms in total. The van der Waals surface area contributed by atoms with Crippen LogP contribution in [0.5, 0.6) is 0 Å². The van der Waals surface area contributed by atoms with E-state index in [9.17, 15) is 9.59 Å². The Bertz CT molecular complexity index is 792. The van der Waals surface area contributed by atoms with Crippen LogP contribution in [0.2, 0.25) is 0 Å². The molecule has 0 spiro atoms. The fraction of sp³-hybridized carbons (Fsp3) is 0.429. The molecule has 1 aliphatic rings. The summed E-state index contributed by atoms with van der Waals surface area (Å²) in [5.41, 5.74) is 5.86. The van der Waals surface area contributed by atoms with E-state index in [4.69, 9.17) is 5.73 Å². The van der Waals surface area contributed by atoms with Crippen LogP contribution in [0.25, 0.3) is 5.82 Å². The van der Waals surface area contributed by atoms with Crippen molar-refractivity contribution in [2.45, 2.75) is 26.2 Å². The normalized spacial score (nSPS) is 20.7. The lowest BCUT2D eigenvalue weighted by molar-refractivity contribution is 0.548. The van der Waals surface area contributed by atoms with Gasteiger partial charge in [-0.05, 0) is 30.2 Å². The van der Waals surface area contributed by atoms with Gasteiger partial charge < -0.3 is 5.73 Å². The Balaban J connectivity index is 2.02. The summed E-state index contributed by atoms with van der Waals surface area (Å²) in [6.07, 6.45) is 2.46. The maximum absolute atomic E-state index is 11.8. The van der Waals surface area contributed by atoms with Crippen molar-refractivity contribution in [3.63, 3.8) is 0 Å². The molecule has 1 fully saturated rings. The highest BCUT2D eigenvalue weighted by molar-refractivity contribution is 5.47. The maximum atomic E-state index is 11.8. The lowest BCUT2D eigenvalue weighted by Gasteiger charge is -2.09. The molecule has 7 heteroatoms. The topological polar surface area (TPSA) is 107 Å². The lowest BCUT2D eigenvalue weighted by atomic mass is 10.0. The highest BCUT2D eigenvalue weighted by atomic mass is 16.2. The van der Waals surface area contributed by atoms with Crippen LogP contribution in [0.3, 0.4) is 0 Å². The Kier molecular flexibility index (Phi) is 3.12. The molecule has 21 heavy (non-hydrogen) atoms. The molecule has 0 radical (unpaired) electrons. The van der Waals surface area contributed by atoms with E-state index < -0.39 is 11.2 Å². The van der Waals surface area contributed by atoms with Crippen molar-refractivity contribution < 1.29 is 0 Å². The van der Waals surface area contributed by atoms with Gasteiger partial charge >= 0.3 is 5.69 Å². The van der Waals surface area contributed by atoms with Crippen LogP contribution >= 0.6 is 0 Å². The number of anilines is 1. The number of hydrogen-bond donors (Lipinski definition) is 2. The summed E-state index contributed by atoms with van der Waals surface area (Å²) < 4.78 is 1.25. The molecule has 1 saturated carbocycles. The number of H-pyrrole nitrogens is 1. The summed E-state index contributed by atoms with van der Waals surface area (Å²) in [5.74, 6) is 2.33. The molecule has 3 rings (SSSR count). The van der Waals surface area contributed by atoms with E-state index in [1.807, 2.05) is 0 Å². The first-order valence-corrected chi connectivity index (χ1v) is 6.93. The van der Waals surface area contributed by atoms with Crippen molar-refractivity contribution in [1.82, 2.24) is 19.7 Å². The standard InChI is InChI=1S/C14H17N5O2/c1-7(2)8-5-9(8)10-6-11(17-18-13(10)15)19-4-3-12(20)16-14(19)21/h3-4,6-9H,5H2,1-2H3,(H2,15,18)(H,16,20,21)/t8-,9+/m1/s1. The smallest absolute Gasteiger partial charge is 0.334 e. The van der Waals surface area contributed by atoms with Crippen LogP contribution in [0.15, 0.2) is 27.9 Å². The summed E-state index contributed by atoms with van der Waals surface area (Å²) >= 11 is 0. The molecule has 3 N–H and O–H groups in total. The molecule has 0 amide bonds. The number of hydrogen-bond acceptors (Lipinski definition) is 5. The highest BCUT2D eigenvalue weighted by Gasteiger charge is 2.41. The summed E-state index contributed by atoms with van der Waals surface area (Å²) in [4.78, 5) is 25.1. The Morgan fingerprint density at radius 3 is 2.76 bits per heavy atom. The van der Waals surface area contributed by atoms with Crippen molar-refractivity contribution in [2.24, 2.45) is 11.8 Å². The van der Waals surface area contributed by atoms with Gasteiger partial charge in [0, 0.05) is 17.8 Å².